The average molecular weight is 314 g/mol. The summed E-state index contributed by atoms with van der Waals surface area (Å²) in [5.41, 5.74) is 6.11. The zero-order valence-electron chi connectivity index (χ0n) is 11.7. The molecule has 0 spiro atoms. The Labute approximate surface area is 126 Å². The molecule has 1 saturated carbocycles. The first-order valence-electron chi connectivity index (χ1n) is 6.67. The molecule has 0 aromatic heterocycles. The van der Waals surface area contributed by atoms with E-state index in [1.165, 1.54) is 30.2 Å². The molecule has 1 aromatic carbocycles. The number of nitrogens with two attached hydrogens (primary N) is 1. The first-order valence-corrected chi connectivity index (χ1v) is 7.90. The highest BCUT2D eigenvalue weighted by Crippen LogP contribution is 2.42. The first kappa shape index (κ1) is 15.9. The molecule has 2 N–H and O–H groups in total. The molecular formula is C15H17F3N2S. The van der Waals surface area contributed by atoms with E-state index in [-0.39, 0.29) is 0 Å². The highest BCUT2D eigenvalue weighted by molar-refractivity contribution is 8.07. The molecule has 0 unspecified atom stereocenters. The van der Waals surface area contributed by atoms with Gasteiger partial charge in [0.1, 0.15) is 0 Å². The summed E-state index contributed by atoms with van der Waals surface area (Å²) in [6, 6.07) is 5.37. The number of allylic oxidation sites excluding steroid dienone is 1. The molecule has 0 amide bonds. The van der Waals surface area contributed by atoms with Gasteiger partial charge in [-0.15, -0.1) is 11.8 Å². The lowest BCUT2D eigenvalue weighted by atomic mass is 9.82. The van der Waals surface area contributed by atoms with Gasteiger partial charge in [-0.25, -0.2) is 4.99 Å². The van der Waals surface area contributed by atoms with Crippen LogP contribution >= 0.6 is 11.8 Å². The van der Waals surface area contributed by atoms with Gasteiger partial charge >= 0.3 is 6.18 Å². The molecule has 1 aromatic rings. The minimum atomic E-state index is -4.34. The van der Waals surface area contributed by atoms with Crippen molar-refractivity contribution in [3.8, 4) is 0 Å². The second-order valence-corrected chi connectivity index (χ2v) is 5.72. The topological polar surface area (TPSA) is 38.4 Å². The van der Waals surface area contributed by atoms with Crippen molar-refractivity contribution in [3.05, 3.63) is 41.1 Å². The van der Waals surface area contributed by atoms with Crippen LogP contribution in [0, 0.1) is 5.92 Å². The van der Waals surface area contributed by atoms with Crippen molar-refractivity contribution >= 4 is 23.0 Å². The van der Waals surface area contributed by atoms with Crippen LogP contribution < -0.4 is 5.73 Å². The van der Waals surface area contributed by atoms with Crippen molar-refractivity contribution in [3.63, 3.8) is 0 Å². The van der Waals surface area contributed by atoms with Crippen molar-refractivity contribution in [2.24, 2.45) is 16.6 Å². The Morgan fingerprint density at radius 1 is 1.38 bits per heavy atom. The van der Waals surface area contributed by atoms with E-state index in [0.717, 1.165) is 35.9 Å². The Balaban J connectivity index is 2.48. The fourth-order valence-corrected chi connectivity index (χ4v) is 3.11. The monoisotopic (exact) mass is 314 g/mol. The number of thioether (sulfide) groups is 1. The molecular weight excluding hydrogens is 297 g/mol. The van der Waals surface area contributed by atoms with Crippen LogP contribution in [0.5, 0.6) is 0 Å². The van der Waals surface area contributed by atoms with Crippen LogP contribution in [0.2, 0.25) is 0 Å². The number of alkyl halides is 3. The van der Waals surface area contributed by atoms with Crippen molar-refractivity contribution in [2.75, 3.05) is 6.26 Å². The van der Waals surface area contributed by atoms with Crippen LogP contribution in [-0.4, -0.2) is 12.6 Å². The van der Waals surface area contributed by atoms with Crippen LogP contribution in [0.25, 0.3) is 4.91 Å². The lowest BCUT2D eigenvalue weighted by molar-refractivity contribution is -0.137. The number of nitrogens with zero attached hydrogens (tertiary/aromatic N) is 1. The SMILES string of the molecule is CS/C(=C(\N=CN)C1CCC1)c1cccc(C(F)(F)F)c1. The smallest absolute Gasteiger partial charge is 0.390 e. The lowest BCUT2D eigenvalue weighted by Gasteiger charge is -2.27. The summed E-state index contributed by atoms with van der Waals surface area (Å²) in [6.07, 6.45) is 1.87. The highest BCUT2D eigenvalue weighted by atomic mass is 32.2. The quantitative estimate of drug-likeness (QED) is 0.655. The molecule has 6 heteroatoms. The summed E-state index contributed by atoms with van der Waals surface area (Å²) in [7, 11) is 0. The van der Waals surface area contributed by atoms with Crippen LogP contribution in [-0.2, 0) is 6.18 Å². The van der Waals surface area contributed by atoms with E-state index in [1.54, 1.807) is 6.07 Å². The van der Waals surface area contributed by atoms with Gasteiger partial charge in [0.15, 0.2) is 0 Å². The summed E-state index contributed by atoms with van der Waals surface area (Å²) in [6.45, 7) is 0. The van der Waals surface area contributed by atoms with Gasteiger partial charge in [0.05, 0.1) is 17.6 Å². The number of benzene rings is 1. The third-order valence-electron chi connectivity index (χ3n) is 3.59. The molecule has 114 valence electrons. The summed E-state index contributed by atoms with van der Waals surface area (Å²) < 4.78 is 38.5. The van der Waals surface area contributed by atoms with Gasteiger partial charge in [-0.1, -0.05) is 18.6 Å². The first-order chi connectivity index (χ1) is 9.97. The zero-order chi connectivity index (χ0) is 15.5. The molecule has 2 rings (SSSR count). The third-order valence-corrected chi connectivity index (χ3v) is 4.45. The summed E-state index contributed by atoms with van der Waals surface area (Å²) >= 11 is 1.41. The Morgan fingerprint density at radius 2 is 2.10 bits per heavy atom. The van der Waals surface area contributed by atoms with E-state index in [4.69, 9.17) is 5.73 Å². The van der Waals surface area contributed by atoms with E-state index >= 15 is 0 Å². The van der Waals surface area contributed by atoms with Crippen LogP contribution in [0.15, 0.2) is 35.0 Å². The van der Waals surface area contributed by atoms with E-state index in [0.29, 0.717) is 11.5 Å². The second kappa shape index (κ2) is 6.56. The Morgan fingerprint density at radius 3 is 2.57 bits per heavy atom. The van der Waals surface area contributed by atoms with Crippen molar-refractivity contribution in [2.45, 2.75) is 25.4 Å². The molecule has 21 heavy (non-hydrogen) atoms. The fraction of sp³-hybridized carbons (Fsp3) is 0.400. The summed E-state index contributed by atoms with van der Waals surface area (Å²) in [4.78, 5) is 4.99. The van der Waals surface area contributed by atoms with Crippen LogP contribution in [0.1, 0.15) is 30.4 Å². The molecule has 2 nitrogen and oxygen atoms in total. The third kappa shape index (κ3) is 3.61. The molecule has 0 atom stereocenters. The number of halogens is 3. The Hall–Kier alpha value is -1.43. The lowest BCUT2D eigenvalue weighted by Crippen LogP contribution is -2.15. The van der Waals surface area contributed by atoms with Gasteiger partial charge in [-0.2, -0.15) is 13.2 Å². The zero-order valence-corrected chi connectivity index (χ0v) is 12.5. The minimum absolute atomic E-state index is 0.293. The summed E-state index contributed by atoms with van der Waals surface area (Å²) in [5, 5.41) is 0. The van der Waals surface area contributed by atoms with E-state index in [1.807, 2.05) is 6.26 Å². The largest absolute Gasteiger partial charge is 0.416 e. The molecule has 0 radical (unpaired) electrons. The fourth-order valence-electron chi connectivity index (χ4n) is 2.32. The molecule has 1 aliphatic carbocycles. The molecule has 1 aliphatic rings. The number of hydrogen-bond acceptors (Lipinski definition) is 2. The highest BCUT2D eigenvalue weighted by Gasteiger charge is 2.31. The van der Waals surface area contributed by atoms with Crippen molar-refractivity contribution < 1.29 is 13.2 Å². The van der Waals surface area contributed by atoms with Crippen molar-refractivity contribution in [1.29, 1.82) is 0 Å². The maximum absolute atomic E-state index is 12.8. The number of hydrogen-bond donors (Lipinski definition) is 1. The predicted molar refractivity (Wildman–Crippen MR) is 81.9 cm³/mol. The normalized spacial score (nSPS) is 17.7. The Bertz CT molecular complexity index is 560. The van der Waals surface area contributed by atoms with Crippen LogP contribution in [0.4, 0.5) is 13.2 Å². The van der Waals surface area contributed by atoms with Crippen LogP contribution in [0.3, 0.4) is 0 Å². The minimum Gasteiger partial charge on any atom is -0.390 e. The van der Waals surface area contributed by atoms with Gasteiger partial charge in [-0.3, -0.25) is 0 Å². The molecule has 1 fully saturated rings. The molecule has 0 aliphatic heterocycles. The van der Waals surface area contributed by atoms with Gasteiger partial charge in [0.25, 0.3) is 0 Å². The van der Waals surface area contributed by atoms with Gasteiger partial charge < -0.3 is 5.73 Å². The number of aliphatic imine (C=N–C) groups is 1. The van der Waals surface area contributed by atoms with Crippen molar-refractivity contribution in [1.82, 2.24) is 0 Å². The average Bonchev–Trinajstić information content (AvgIpc) is 2.37. The standard InChI is InChI=1S/C15H17F3N2S/c1-21-14(13(20-9-19)10-4-2-5-10)11-6-3-7-12(8-11)15(16,17)18/h3,6-10H,2,4-5H2,1H3,(H2,19,20)/b14-13-. The van der Waals surface area contributed by atoms with Gasteiger partial charge in [0.2, 0.25) is 0 Å². The summed E-state index contributed by atoms with van der Waals surface area (Å²) in [5.74, 6) is 0.293. The maximum Gasteiger partial charge on any atom is 0.416 e. The maximum atomic E-state index is 12.8. The second-order valence-electron chi connectivity index (χ2n) is 4.90. The predicted octanol–water partition coefficient (Wildman–Crippen LogP) is 4.52. The van der Waals surface area contributed by atoms with E-state index in [9.17, 15) is 13.2 Å². The van der Waals surface area contributed by atoms with E-state index in [2.05, 4.69) is 4.99 Å². The van der Waals surface area contributed by atoms with E-state index < -0.39 is 11.7 Å². The Kier molecular flexibility index (Phi) is 4.98. The molecule has 0 bridgehead atoms. The molecule has 0 saturated heterocycles. The molecule has 0 heterocycles. The number of rotatable bonds is 4. The van der Waals surface area contributed by atoms with Gasteiger partial charge in [0, 0.05) is 10.8 Å². The van der Waals surface area contributed by atoms with Gasteiger partial charge in [-0.05, 0) is 36.8 Å².